The Labute approximate surface area is 387 Å². The van der Waals surface area contributed by atoms with Crippen LogP contribution in [0.2, 0.25) is 0 Å². The molecule has 0 bridgehead atoms. The zero-order valence-corrected chi connectivity index (χ0v) is 40.8. The van der Waals surface area contributed by atoms with Crippen molar-refractivity contribution in [2.45, 2.75) is 232 Å². The summed E-state index contributed by atoms with van der Waals surface area (Å²) in [6.07, 6.45) is 67.2. The first-order valence-electron chi connectivity index (χ1n) is 25.7. The van der Waals surface area contributed by atoms with Crippen molar-refractivity contribution in [3.63, 3.8) is 0 Å². The van der Waals surface area contributed by atoms with Gasteiger partial charge in [0.05, 0.1) is 0 Å². The first-order valence-corrected chi connectivity index (χ1v) is 25.7. The average molecular weight is 875 g/mol. The molecule has 0 aliphatic heterocycles. The summed E-state index contributed by atoms with van der Waals surface area (Å²) < 4.78 is 16.6. The van der Waals surface area contributed by atoms with Gasteiger partial charge in [-0.3, -0.25) is 14.4 Å². The summed E-state index contributed by atoms with van der Waals surface area (Å²) in [5.74, 6) is -1.00. The summed E-state index contributed by atoms with van der Waals surface area (Å²) in [6.45, 7) is 6.29. The lowest BCUT2D eigenvalue weighted by molar-refractivity contribution is -0.166. The lowest BCUT2D eigenvalue weighted by atomic mass is 10.0. The molecule has 0 rings (SSSR count). The minimum absolute atomic E-state index is 0.106. The highest BCUT2D eigenvalue weighted by Crippen LogP contribution is 2.14. The molecular weight excluding hydrogens is 781 g/mol. The van der Waals surface area contributed by atoms with Crippen molar-refractivity contribution in [1.82, 2.24) is 0 Å². The lowest BCUT2D eigenvalue weighted by Gasteiger charge is -2.18. The van der Waals surface area contributed by atoms with Gasteiger partial charge in [0.1, 0.15) is 13.2 Å². The predicted molar refractivity (Wildman–Crippen MR) is 270 cm³/mol. The van der Waals surface area contributed by atoms with Gasteiger partial charge in [-0.15, -0.1) is 0 Å². The molecule has 6 nitrogen and oxygen atoms in total. The van der Waals surface area contributed by atoms with Crippen LogP contribution in [0.5, 0.6) is 0 Å². The van der Waals surface area contributed by atoms with Crippen molar-refractivity contribution in [2.24, 2.45) is 0 Å². The smallest absolute Gasteiger partial charge is 0.306 e. The lowest BCUT2D eigenvalue weighted by Crippen LogP contribution is -2.30. The summed E-state index contributed by atoms with van der Waals surface area (Å²) >= 11 is 0. The van der Waals surface area contributed by atoms with Crippen molar-refractivity contribution in [3.8, 4) is 0 Å². The molecule has 0 saturated carbocycles. The molecule has 1 unspecified atom stereocenters. The van der Waals surface area contributed by atoms with E-state index in [-0.39, 0.29) is 31.6 Å². The zero-order valence-electron chi connectivity index (χ0n) is 40.8. The number of rotatable bonds is 45. The Hall–Kier alpha value is -3.67. The third-order valence-electron chi connectivity index (χ3n) is 10.6. The van der Waals surface area contributed by atoms with E-state index in [0.717, 1.165) is 89.9 Å². The van der Waals surface area contributed by atoms with E-state index in [0.29, 0.717) is 19.3 Å². The standard InChI is InChI=1S/C57H94O6/c1-4-7-10-13-16-18-20-22-23-24-25-26-27-28-29-30-31-32-33-35-36-38-41-44-47-50-56(59)62-53-54(52-61-55(58)49-46-43-40-15-12-9-6-3)63-57(60)51-48-45-42-39-37-34-21-19-17-14-11-8-5-2/h7-8,10-11,16-19,22-23,25-26,34,37,42,45,54H,4-6,9,12-15,20-21,24,27-33,35-36,38-41,43-44,46-53H2,1-3H3/b10-7-,11-8-,18-16-,19-17-,23-22-,26-25-,37-34-,45-42-. The minimum Gasteiger partial charge on any atom is -0.462 e. The van der Waals surface area contributed by atoms with Gasteiger partial charge in [-0.2, -0.15) is 0 Å². The Morgan fingerprint density at radius 2 is 0.651 bits per heavy atom. The van der Waals surface area contributed by atoms with Gasteiger partial charge in [0, 0.05) is 19.3 Å². The van der Waals surface area contributed by atoms with Gasteiger partial charge in [-0.05, 0) is 83.5 Å². The Bertz CT molecular complexity index is 1280. The number of ether oxygens (including phenoxy) is 3. The molecule has 0 amide bonds. The second-order valence-corrected chi connectivity index (χ2v) is 16.7. The fourth-order valence-corrected chi connectivity index (χ4v) is 6.80. The van der Waals surface area contributed by atoms with Crippen molar-refractivity contribution in [3.05, 3.63) is 97.2 Å². The van der Waals surface area contributed by atoms with E-state index in [4.69, 9.17) is 14.2 Å². The van der Waals surface area contributed by atoms with Gasteiger partial charge >= 0.3 is 17.9 Å². The largest absolute Gasteiger partial charge is 0.462 e. The second kappa shape index (κ2) is 51.0. The van der Waals surface area contributed by atoms with Crippen LogP contribution in [0.1, 0.15) is 226 Å². The van der Waals surface area contributed by atoms with Crippen LogP contribution in [0, 0.1) is 0 Å². The molecule has 0 spiro atoms. The molecule has 0 N–H and O–H groups in total. The van der Waals surface area contributed by atoms with Gasteiger partial charge in [0.25, 0.3) is 0 Å². The van der Waals surface area contributed by atoms with Crippen molar-refractivity contribution in [1.29, 1.82) is 0 Å². The third kappa shape index (κ3) is 49.2. The molecule has 0 aromatic carbocycles. The maximum atomic E-state index is 12.7. The second-order valence-electron chi connectivity index (χ2n) is 16.7. The third-order valence-corrected chi connectivity index (χ3v) is 10.6. The molecule has 0 aromatic heterocycles. The van der Waals surface area contributed by atoms with Crippen LogP contribution in [0.25, 0.3) is 0 Å². The first kappa shape index (κ1) is 59.3. The monoisotopic (exact) mass is 875 g/mol. The molecule has 0 fully saturated rings. The van der Waals surface area contributed by atoms with Crippen molar-refractivity contribution >= 4 is 17.9 Å². The van der Waals surface area contributed by atoms with Crippen LogP contribution in [-0.2, 0) is 28.6 Å². The molecule has 0 aliphatic carbocycles. The molecule has 0 radical (unpaired) electrons. The van der Waals surface area contributed by atoms with Crippen LogP contribution >= 0.6 is 0 Å². The van der Waals surface area contributed by atoms with E-state index >= 15 is 0 Å². The predicted octanol–water partition coefficient (Wildman–Crippen LogP) is 17.0. The van der Waals surface area contributed by atoms with Crippen LogP contribution in [0.3, 0.4) is 0 Å². The molecule has 0 heterocycles. The molecule has 0 aromatic rings. The summed E-state index contributed by atoms with van der Waals surface area (Å²) in [6, 6.07) is 0. The van der Waals surface area contributed by atoms with E-state index in [1.54, 1.807) is 0 Å². The van der Waals surface area contributed by atoms with Gasteiger partial charge in [0.2, 0.25) is 0 Å². The minimum atomic E-state index is -0.812. The van der Waals surface area contributed by atoms with Gasteiger partial charge in [-0.25, -0.2) is 0 Å². The maximum Gasteiger partial charge on any atom is 0.306 e. The Balaban J connectivity index is 4.22. The number of carbonyl (C=O) groups is 3. The molecule has 1 atom stereocenters. The number of carbonyl (C=O) groups excluding carboxylic acids is 3. The fraction of sp³-hybridized carbons (Fsp3) is 0.667. The fourth-order valence-electron chi connectivity index (χ4n) is 6.80. The van der Waals surface area contributed by atoms with Crippen LogP contribution < -0.4 is 0 Å². The normalized spacial score (nSPS) is 12.9. The molecule has 0 aliphatic rings. The average Bonchev–Trinajstić information content (AvgIpc) is 3.28. The van der Waals surface area contributed by atoms with Gasteiger partial charge in [-0.1, -0.05) is 221 Å². The summed E-state index contributed by atoms with van der Waals surface area (Å²) in [5.41, 5.74) is 0. The highest BCUT2D eigenvalue weighted by Gasteiger charge is 2.19. The van der Waals surface area contributed by atoms with E-state index in [9.17, 15) is 14.4 Å². The van der Waals surface area contributed by atoms with Crippen molar-refractivity contribution in [2.75, 3.05) is 13.2 Å². The van der Waals surface area contributed by atoms with Gasteiger partial charge in [0.15, 0.2) is 6.10 Å². The molecule has 0 saturated heterocycles. The number of esters is 3. The quantitative estimate of drug-likeness (QED) is 0.0262. The molecule has 63 heavy (non-hydrogen) atoms. The van der Waals surface area contributed by atoms with E-state index < -0.39 is 12.1 Å². The van der Waals surface area contributed by atoms with Crippen LogP contribution in [-0.4, -0.2) is 37.2 Å². The molecule has 358 valence electrons. The molecule has 6 heteroatoms. The Morgan fingerprint density at radius 1 is 0.333 bits per heavy atom. The molecular formula is C57H94O6. The first-order chi connectivity index (χ1) is 31.0. The summed E-state index contributed by atoms with van der Waals surface area (Å²) in [5, 5.41) is 0. The van der Waals surface area contributed by atoms with E-state index in [1.807, 2.05) is 12.2 Å². The van der Waals surface area contributed by atoms with Crippen molar-refractivity contribution < 1.29 is 28.6 Å². The van der Waals surface area contributed by atoms with Gasteiger partial charge < -0.3 is 14.2 Å². The highest BCUT2D eigenvalue weighted by molar-refractivity contribution is 5.71. The number of hydrogen-bond donors (Lipinski definition) is 0. The SMILES string of the molecule is CC/C=C\C/C=C\C/C=C\C/C=C\CCCCCCCCCCCCCCC(=O)OCC(COC(=O)CCCCCCCCC)OC(=O)CC/C=C\C/C=C\C/C=C\C/C=C\CC. The number of allylic oxidation sites excluding steroid dienone is 16. The van der Waals surface area contributed by atoms with E-state index in [1.165, 1.54) is 89.9 Å². The Kier molecular flexibility index (Phi) is 48.0. The number of hydrogen-bond acceptors (Lipinski definition) is 6. The maximum absolute atomic E-state index is 12.7. The van der Waals surface area contributed by atoms with E-state index in [2.05, 4.69) is 106 Å². The topological polar surface area (TPSA) is 78.9 Å². The summed E-state index contributed by atoms with van der Waals surface area (Å²) in [4.78, 5) is 37.7. The highest BCUT2D eigenvalue weighted by atomic mass is 16.6. The van der Waals surface area contributed by atoms with Crippen LogP contribution in [0.4, 0.5) is 0 Å². The zero-order chi connectivity index (χ0) is 45.8. The Morgan fingerprint density at radius 3 is 1.03 bits per heavy atom. The summed E-state index contributed by atoms with van der Waals surface area (Å²) in [7, 11) is 0. The van der Waals surface area contributed by atoms with Crippen LogP contribution in [0.15, 0.2) is 97.2 Å². The number of unbranched alkanes of at least 4 members (excludes halogenated alkanes) is 18.